The lowest BCUT2D eigenvalue weighted by Crippen LogP contribution is -2.16. The number of carboxylic acid groups (broad SMARTS) is 1. The molecule has 0 fully saturated rings. The van der Waals surface area contributed by atoms with Crippen molar-refractivity contribution in [2.45, 2.75) is 12.3 Å². The highest BCUT2D eigenvalue weighted by Gasteiger charge is 2.23. The van der Waals surface area contributed by atoms with Crippen molar-refractivity contribution in [3.8, 4) is 5.88 Å². The van der Waals surface area contributed by atoms with Crippen molar-refractivity contribution in [2.24, 2.45) is 0 Å². The summed E-state index contributed by atoms with van der Waals surface area (Å²) in [7, 11) is 1.43. The summed E-state index contributed by atoms with van der Waals surface area (Å²) in [5, 5.41) is 9.32. The number of hydrogen-bond acceptors (Lipinski definition) is 4. The van der Waals surface area contributed by atoms with Crippen LogP contribution < -0.4 is 4.74 Å². The van der Waals surface area contributed by atoms with Gasteiger partial charge in [-0.15, -0.1) is 0 Å². The lowest BCUT2D eigenvalue weighted by Gasteiger charge is -2.12. The number of benzene rings is 1. The molecule has 0 saturated heterocycles. The number of hydrogen-bond donors (Lipinski definition) is 1. The molecule has 0 bridgehead atoms. The molecule has 0 aliphatic carbocycles. The quantitative estimate of drug-likeness (QED) is 0.904. The van der Waals surface area contributed by atoms with Gasteiger partial charge in [-0.05, 0) is 24.1 Å². The van der Waals surface area contributed by atoms with Crippen LogP contribution in [0, 0.1) is 5.82 Å². The number of aliphatic carboxylic acids is 1. The van der Waals surface area contributed by atoms with Gasteiger partial charge in [-0.2, -0.15) is 0 Å². The largest absolute Gasteiger partial charge is 0.481 e. The Bertz CT molecular complexity index is 619. The number of nitrogens with zero attached hydrogens (tertiary/aromatic N) is 2. The molecule has 1 atom stereocenters. The van der Waals surface area contributed by atoms with Gasteiger partial charge in [0.2, 0.25) is 5.88 Å². The Hall–Kier alpha value is -2.50. The molecule has 6 heteroatoms. The number of carbonyl (C=O) groups is 1. The molecule has 1 aromatic heterocycles. The van der Waals surface area contributed by atoms with Crippen molar-refractivity contribution in [3.05, 3.63) is 53.7 Å². The molecule has 5 nitrogen and oxygen atoms in total. The minimum absolute atomic E-state index is 0.134. The maximum atomic E-state index is 13.1. The van der Waals surface area contributed by atoms with Crippen molar-refractivity contribution in [3.63, 3.8) is 0 Å². The standard InChI is InChI=1S/C14H13FN2O3/c1-20-13-8-16-7-12(17-13)11(14(18)19)6-9-3-2-4-10(15)5-9/h2-5,7-8,11H,6H2,1H3,(H,18,19). The summed E-state index contributed by atoms with van der Waals surface area (Å²) in [6.07, 6.45) is 2.90. The highest BCUT2D eigenvalue weighted by atomic mass is 19.1. The molecule has 1 aromatic carbocycles. The van der Waals surface area contributed by atoms with Gasteiger partial charge in [0.05, 0.1) is 19.0 Å². The Labute approximate surface area is 115 Å². The number of rotatable bonds is 5. The van der Waals surface area contributed by atoms with Gasteiger partial charge in [0.15, 0.2) is 0 Å². The molecule has 0 spiro atoms. The van der Waals surface area contributed by atoms with Crippen LogP contribution in [0.3, 0.4) is 0 Å². The first kappa shape index (κ1) is 13.9. The molecule has 20 heavy (non-hydrogen) atoms. The summed E-state index contributed by atoms with van der Waals surface area (Å²) >= 11 is 0. The van der Waals surface area contributed by atoms with Crippen LogP contribution in [0.2, 0.25) is 0 Å². The second kappa shape index (κ2) is 6.10. The molecule has 1 N–H and O–H groups in total. The third-order valence-electron chi connectivity index (χ3n) is 2.82. The molecule has 2 rings (SSSR count). The molecular weight excluding hydrogens is 263 g/mol. The fourth-order valence-electron chi connectivity index (χ4n) is 1.85. The van der Waals surface area contributed by atoms with E-state index in [0.29, 0.717) is 5.56 Å². The molecule has 1 heterocycles. The lowest BCUT2D eigenvalue weighted by atomic mass is 9.96. The van der Waals surface area contributed by atoms with E-state index in [-0.39, 0.29) is 18.0 Å². The molecule has 0 aliphatic rings. The van der Waals surface area contributed by atoms with E-state index in [2.05, 4.69) is 9.97 Å². The van der Waals surface area contributed by atoms with Crippen molar-refractivity contribution in [1.82, 2.24) is 9.97 Å². The normalized spacial score (nSPS) is 11.9. The second-order valence-corrected chi connectivity index (χ2v) is 4.21. The van der Waals surface area contributed by atoms with E-state index < -0.39 is 17.7 Å². The first-order valence-electron chi connectivity index (χ1n) is 5.93. The first-order chi connectivity index (χ1) is 9.60. The second-order valence-electron chi connectivity index (χ2n) is 4.21. The maximum absolute atomic E-state index is 13.1. The van der Waals surface area contributed by atoms with Gasteiger partial charge >= 0.3 is 5.97 Å². The van der Waals surface area contributed by atoms with Crippen molar-refractivity contribution >= 4 is 5.97 Å². The minimum Gasteiger partial charge on any atom is -0.481 e. The number of aromatic nitrogens is 2. The molecule has 0 saturated carbocycles. The predicted molar refractivity (Wildman–Crippen MR) is 69.1 cm³/mol. The predicted octanol–water partition coefficient (Wildman–Crippen LogP) is 2.04. The van der Waals surface area contributed by atoms with Gasteiger partial charge in [0, 0.05) is 6.20 Å². The van der Waals surface area contributed by atoms with Gasteiger partial charge in [-0.25, -0.2) is 9.37 Å². The average molecular weight is 276 g/mol. The topological polar surface area (TPSA) is 72.3 Å². The first-order valence-corrected chi connectivity index (χ1v) is 5.93. The molecular formula is C14H13FN2O3. The van der Waals surface area contributed by atoms with Gasteiger partial charge in [-0.1, -0.05) is 12.1 Å². The van der Waals surface area contributed by atoms with E-state index in [0.717, 1.165) is 0 Å². The molecule has 0 radical (unpaired) electrons. The monoisotopic (exact) mass is 276 g/mol. The van der Waals surface area contributed by atoms with Crippen LogP contribution in [0.1, 0.15) is 17.2 Å². The van der Waals surface area contributed by atoms with Crippen molar-refractivity contribution in [1.29, 1.82) is 0 Å². The summed E-state index contributed by atoms with van der Waals surface area (Å²) < 4.78 is 18.1. The third kappa shape index (κ3) is 3.28. The average Bonchev–Trinajstić information content (AvgIpc) is 2.44. The summed E-state index contributed by atoms with van der Waals surface area (Å²) in [5.41, 5.74) is 0.864. The summed E-state index contributed by atoms with van der Waals surface area (Å²) in [6, 6.07) is 5.83. The van der Waals surface area contributed by atoms with E-state index in [1.54, 1.807) is 12.1 Å². The maximum Gasteiger partial charge on any atom is 0.312 e. The summed E-state index contributed by atoms with van der Waals surface area (Å²) in [5.74, 6) is -2.10. The van der Waals surface area contributed by atoms with Gasteiger partial charge in [0.1, 0.15) is 11.7 Å². The van der Waals surface area contributed by atoms with Gasteiger partial charge < -0.3 is 9.84 Å². The molecule has 104 valence electrons. The van der Waals surface area contributed by atoms with Crippen LogP contribution in [0.15, 0.2) is 36.7 Å². The van der Waals surface area contributed by atoms with Crippen LogP contribution >= 0.6 is 0 Å². The Morgan fingerprint density at radius 3 is 2.90 bits per heavy atom. The smallest absolute Gasteiger partial charge is 0.312 e. The number of methoxy groups -OCH3 is 1. The zero-order valence-electron chi connectivity index (χ0n) is 10.8. The van der Waals surface area contributed by atoms with Crippen LogP contribution in [0.4, 0.5) is 4.39 Å². The zero-order valence-corrected chi connectivity index (χ0v) is 10.8. The van der Waals surface area contributed by atoms with Crippen LogP contribution in [0.25, 0.3) is 0 Å². The Morgan fingerprint density at radius 2 is 2.25 bits per heavy atom. The van der Waals surface area contributed by atoms with E-state index in [4.69, 9.17) is 4.74 Å². The van der Waals surface area contributed by atoms with Crippen molar-refractivity contribution in [2.75, 3.05) is 7.11 Å². The van der Waals surface area contributed by atoms with E-state index >= 15 is 0 Å². The highest BCUT2D eigenvalue weighted by molar-refractivity contribution is 5.75. The van der Waals surface area contributed by atoms with Crippen LogP contribution in [-0.4, -0.2) is 28.2 Å². The number of ether oxygens (including phenoxy) is 1. The van der Waals surface area contributed by atoms with E-state index in [1.165, 1.54) is 31.6 Å². The fourth-order valence-corrected chi connectivity index (χ4v) is 1.85. The fraction of sp³-hybridized carbons (Fsp3) is 0.214. The molecule has 0 aliphatic heterocycles. The lowest BCUT2D eigenvalue weighted by molar-refractivity contribution is -0.138. The van der Waals surface area contributed by atoms with Crippen LogP contribution in [-0.2, 0) is 11.2 Å². The van der Waals surface area contributed by atoms with Crippen LogP contribution in [0.5, 0.6) is 5.88 Å². The summed E-state index contributed by atoms with van der Waals surface area (Å²) in [6.45, 7) is 0. The zero-order chi connectivity index (χ0) is 14.5. The Balaban J connectivity index is 2.29. The van der Waals surface area contributed by atoms with Gasteiger partial charge in [-0.3, -0.25) is 9.78 Å². The SMILES string of the molecule is COc1cncc(C(Cc2cccc(F)c2)C(=O)O)n1. The molecule has 0 amide bonds. The minimum atomic E-state index is -1.04. The number of carboxylic acids is 1. The van der Waals surface area contributed by atoms with E-state index in [1.807, 2.05) is 0 Å². The van der Waals surface area contributed by atoms with E-state index in [9.17, 15) is 14.3 Å². The molecule has 1 unspecified atom stereocenters. The van der Waals surface area contributed by atoms with Crippen molar-refractivity contribution < 1.29 is 19.0 Å². The Kier molecular flexibility index (Phi) is 4.24. The number of halogens is 1. The van der Waals surface area contributed by atoms with Gasteiger partial charge in [0.25, 0.3) is 0 Å². The highest BCUT2D eigenvalue weighted by Crippen LogP contribution is 2.21. The third-order valence-corrected chi connectivity index (χ3v) is 2.82. The Morgan fingerprint density at radius 1 is 1.45 bits per heavy atom. The molecule has 2 aromatic rings. The summed E-state index contributed by atoms with van der Waals surface area (Å²) in [4.78, 5) is 19.4.